The van der Waals surface area contributed by atoms with Crippen LogP contribution in [0.15, 0.2) is 30.3 Å². The van der Waals surface area contributed by atoms with E-state index in [1.54, 1.807) is 0 Å². The van der Waals surface area contributed by atoms with Crippen molar-refractivity contribution in [1.29, 1.82) is 0 Å². The summed E-state index contributed by atoms with van der Waals surface area (Å²) in [4.78, 5) is 15.0. The van der Waals surface area contributed by atoms with Gasteiger partial charge >= 0.3 is 6.03 Å². The Morgan fingerprint density at radius 3 is 2.38 bits per heavy atom. The van der Waals surface area contributed by atoms with Crippen LogP contribution >= 0.6 is 0 Å². The molecule has 0 saturated heterocycles. The summed E-state index contributed by atoms with van der Waals surface area (Å²) in [6.07, 6.45) is 8.74. The van der Waals surface area contributed by atoms with Gasteiger partial charge in [-0.2, -0.15) is 0 Å². The number of benzene rings is 1. The molecule has 0 radical (unpaired) electrons. The molecule has 3 heteroatoms. The number of para-hydroxylation sites is 1. The standard InChI is InChI=1S/C18H26N2O/c1-14(15-12-13-15)20(17-10-6-3-7-11-17)18(21)19-16-8-4-2-5-9-16/h2,4-5,8-9,14-15,17H,3,6-7,10-13H2,1H3,(H,19,21)/t14-/m1/s1. The first-order valence-corrected chi connectivity index (χ1v) is 8.40. The lowest BCUT2D eigenvalue weighted by Crippen LogP contribution is -2.49. The van der Waals surface area contributed by atoms with Gasteiger partial charge in [-0.05, 0) is 50.7 Å². The second-order valence-electron chi connectivity index (χ2n) is 6.57. The molecule has 2 aliphatic rings. The number of nitrogens with zero attached hydrogens (tertiary/aromatic N) is 1. The van der Waals surface area contributed by atoms with Crippen molar-refractivity contribution in [2.75, 3.05) is 5.32 Å². The van der Waals surface area contributed by atoms with E-state index < -0.39 is 0 Å². The van der Waals surface area contributed by atoms with E-state index in [4.69, 9.17) is 0 Å². The normalized spacial score (nSPS) is 20.8. The Kier molecular flexibility index (Phi) is 4.47. The zero-order valence-electron chi connectivity index (χ0n) is 12.9. The number of hydrogen-bond acceptors (Lipinski definition) is 1. The van der Waals surface area contributed by atoms with E-state index in [0.29, 0.717) is 18.0 Å². The van der Waals surface area contributed by atoms with Gasteiger partial charge in [0, 0.05) is 17.8 Å². The van der Waals surface area contributed by atoms with E-state index in [1.807, 2.05) is 30.3 Å². The summed E-state index contributed by atoms with van der Waals surface area (Å²) in [5, 5.41) is 3.09. The van der Waals surface area contributed by atoms with Crippen LogP contribution in [0.25, 0.3) is 0 Å². The van der Waals surface area contributed by atoms with Crippen LogP contribution < -0.4 is 5.32 Å². The lowest BCUT2D eigenvalue weighted by molar-refractivity contribution is 0.130. The molecule has 0 bridgehead atoms. The van der Waals surface area contributed by atoms with E-state index in [2.05, 4.69) is 17.1 Å². The maximum absolute atomic E-state index is 12.8. The minimum Gasteiger partial charge on any atom is -0.319 e. The highest BCUT2D eigenvalue weighted by Crippen LogP contribution is 2.38. The second kappa shape index (κ2) is 6.50. The largest absolute Gasteiger partial charge is 0.322 e. The summed E-state index contributed by atoms with van der Waals surface area (Å²) in [5.41, 5.74) is 0.895. The third kappa shape index (κ3) is 3.58. The maximum atomic E-state index is 12.8. The topological polar surface area (TPSA) is 32.3 Å². The highest BCUT2D eigenvalue weighted by molar-refractivity contribution is 5.89. The summed E-state index contributed by atoms with van der Waals surface area (Å²) in [5.74, 6) is 0.716. The van der Waals surface area contributed by atoms with Crippen molar-refractivity contribution in [3.05, 3.63) is 30.3 Å². The van der Waals surface area contributed by atoms with E-state index in [1.165, 1.54) is 44.9 Å². The number of amides is 2. The molecule has 1 aromatic carbocycles. The van der Waals surface area contributed by atoms with Crippen molar-refractivity contribution in [2.24, 2.45) is 5.92 Å². The molecular formula is C18H26N2O. The molecule has 0 unspecified atom stereocenters. The molecule has 0 aromatic heterocycles. The van der Waals surface area contributed by atoms with Gasteiger partial charge in [-0.25, -0.2) is 4.79 Å². The minimum atomic E-state index is 0.0903. The van der Waals surface area contributed by atoms with Crippen molar-refractivity contribution in [2.45, 2.75) is 64.0 Å². The molecule has 1 atom stereocenters. The van der Waals surface area contributed by atoms with Crippen molar-refractivity contribution < 1.29 is 4.79 Å². The number of rotatable bonds is 4. The van der Waals surface area contributed by atoms with E-state index in [0.717, 1.165) is 5.69 Å². The molecule has 0 spiro atoms. The quantitative estimate of drug-likeness (QED) is 0.858. The molecule has 3 nitrogen and oxygen atoms in total. The first-order valence-electron chi connectivity index (χ1n) is 8.40. The van der Waals surface area contributed by atoms with E-state index in [9.17, 15) is 4.79 Å². The van der Waals surface area contributed by atoms with Crippen LogP contribution in [-0.4, -0.2) is 23.0 Å². The Morgan fingerprint density at radius 2 is 1.76 bits per heavy atom. The summed E-state index contributed by atoms with van der Waals surface area (Å²) in [7, 11) is 0. The fraction of sp³-hybridized carbons (Fsp3) is 0.611. The van der Waals surface area contributed by atoms with Gasteiger partial charge in [-0.1, -0.05) is 37.5 Å². The molecule has 1 aromatic rings. The van der Waals surface area contributed by atoms with Gasteiger partial charge in [0.2, 0.25) is 0 Å². The number of carbonyl (C=O) groups is 1. The third-order valence-electron chi connectivity index (χ3n) is 4.97. The van der Waals surface area contributed by atoms with Gasteiger partial charge in [0.1, 0.15) is 0 Å². The van der Waals surface area contributed by atoms with Crippen molar-refractivity contribution in [3.63, 3.8) is 0 Å². The zero-order valence-corrected chi connectivity index (χ0v) is 12.9. The Labute approximate surface area is 127 Å². The lowest BCUT2D eigenvalue weighted by atomic mass is 9.93. The Morgan fingerprint density at radius 1 is 1.10 bits per heavy atom. The third-order valence-corrected chi connectivity index (χ3v) is 4.97. The van der Waals surface area contributed by atoms with Gasteiger partial charge in [-0.15, -0.1) is 0 Å². The first kappa shape index (κ1) is 14.4. The monoisotopic (exact) mass is 286 g/mol. The number of hydrogen-bond donors (Lipinski definition) is 1. The van der Waals surface area contributed by atoms with Crippen molar-refractivity contribution >= 4 is 11.7 Å². The van der Waals surface area contributed by atoms with Crippen LogP contribution in [0.1, 0.15) is 51.9 Å². The lowest BCUT2D eigenvalue weighted by Gasteiger charge is -2.38. The van der Waals surface area contributed by atoms with Crippen LogP contribution in [0.2, 0.25) is 0 Å². The van der Waals surface area contributed by atoms with Gasteiger partial charge < -0.3 is 10.2 Å². The number of urea groups is 1. The van der Waals surface area contributed by atoms with Crippen LogP contribution in [0.3, 0.4) is 0 Å². The SMILES string of the molecule is C[C@H](C1CC1)N(C(=O)Nc1ccccc1)C1CCCCC1. The molecule has 2 amide bonds. The van der Waals surface area contributed by atoms with Gasteiger partial charge in [0.15, 0.2) is 0 Å². The molecule has 114 valence electrons. The van der Waals surface area contributed by atoms with Gasteiger partial charge in [-0.3, -0.25) is 0 Å². The first-order chi connectivity index (χ1) is 10.3. The predicted octanol–water partition coefficient (Wildman–Crippen LogP) is 4.65. The molecule has 3 rings (SSSR count). The number of anilines is 1. The second-order valence-corrected chi connectivity index (χ2v) is 6.57. The fourth-order valence-corrected chi connectivity index (χ4v) is 3.56. The molecule has 2 fully saturated rings. The summed E-state index contributed by atoms with van der Waals surface area (Å²) in [6, 6.07) is 10.7. The van der Waals surface area contributed by atoms with E-state index in [-0.39, 0.29) is 6.03 Å². The number of carbonyl (C=O) groups excluding carboxylic acids is 1. The highest BCUT2D eigenvalue weighted by atomic mass is 16.2. The van der Waals surface area contributed by atoms with Crippen molar-refractivity contribution in [3.8, 4) is 0 Å². The van der Waals surface area contributed by atoms with Crippen LogP contribution in [-0.2, 0) is 0 Å². The van der Waals surface area contributed by atoms with E-state index >= 15 is 0 Å². The van der Waals surface area contributed by atoms with Crippen LogP contribution in [0, 0.1) is 5.92 Å². The fourth-order valence-electron chi connectivity index (χ4n) is 3.56. The number of nitrogens with one attached hydrogen (secondary N) is 1. The predicted molar refractivity (Wildman–Crippen MR) is 86.4 cm³/mol. The Balaban J connectivity index is 1.72. The minimum absolute atomic E-state index is 0.0903. The molecule has 2 aliphatic carbocycles. The Hall–Kier alpha value is -1.51. The molecule has 1 N–H and O–H groups in total. The average Bonchev–Trinajstić information content (AvgIpc) is 3.34. The summed E-state index contributed by atoms with van der Waals surface area (Å²) in [6.45, 7) is 2.23. The summed E-state index contributed by atoms with van der Waals surface area (Å²) >= 11 is 0. The van der Waals surface area contributed by atoms with Crippen molar-refractivity contribution in [1.82, 2.24) is 4.90 Å². The van der Waals surface area contributed by atoms with Crippen LogP contribution in [0.4, 0.5) is 10.5 Å². The molecule has 0 heterocycles. The maximum Gasteiger partial charge on any atom is 0.322 e. The average molecular weight is 286 g/mol. The highest BCUT2D eigenvalue weighted by Gasteiger charge is 2.38. The van der Waals surface area contributed by atoms with Gasteiger partial charge in [0.05, 0.1) is 0 Å². The molecule has 21 heavy (non-hydrogen) atoms. The molecule has 0 aliphatic heterocycles. The zero-order chi connectivity index (χ0) is 14.7. The van der Waals surface area contributed by atoms with Crippen LogP contribution in [0.5, 0.6) is 0 Å². The molecular weight excluding hydrogens is 260 g/mol. The smallest absolute Gasteiger partial charge is 0.319 e. The molecule has 2 saturated carbocycles. The van der Waals surface area contributed by atoms with Gasteiger partial charge in [0.25, 0.3) is 0 Å². The Bertz CT molecular complexity index is 463. The summed E-state index contributed by atoms with van der Waals surface area (Å²) < 4.78 is 0.